The molecule has 3 aliphatic rings. The lowest BCUT2D eigenvalue weighted by Crippen LogP contribution is -2.19. The lowest BCUT2D eigenvalue weighted by molar-refractivity contribution is 1.09. The molecule has 2 aliphatic carbocycles. The molecule has 390 valence electrons. The molecule has 14 aromatic rings. The van der Waals surface area contributed by atoms with Crippen LogP contribution in [0.3, 0.4) is 0 Å². The van der Waals surface area contributed by atoms with Gasteiger partial charge in [-0.3, -0.25) is 15.0 Å². The molecule has 0 spiro atoms. The van der Waals surface area contributed by atoms with Gasteiger partial charge in [-0.1, -0.05) is 200 Å². The van der Waals surface area contributed by atoms with E-state index in [1.807, 2.05) is 24.8 Å². The van der Waals surface area contributed by atoms with E-state index < -0.39 is 0 Å². The largest absolute Gasteiger partial charge is 0.309 e. The molecule has 11 aromatic carbocycles. The molecule has 0 amide bonds. The Labute approximate surface area is 487 Å². The number of hydrogen-bond acceptors (Lipinski definition) is 4. The second-order valence-corrected chi connectivity index (χ2v) is 22.2. The maximum absolute atomic E-state index is 4.95. The van der Waals surface area contributed by atoms with Gasteiger partial charge >= 0.3 is 0 Å². The van der Waals surface area contributed by atoms with Gasteiger partial charge in [0.15, 0.2) is 0 Å². The Bertz CT molecular complexity index is 5080. The third-order valence-corrected chi connectivity index (χ3v) is 17.6. The van der Waals surface area contributed by atoms with Crippen molar-refractivity contribution in [3.05, 3.63) is 342 Å². The maximum Gasteiger partial charge on any atom is 0.0547 e. The Morgan fingerprint density at radius 1 is 0.238 bits per heavy atom. The van der Waals surface area contributed by atoms with E-state index in [9.17, 15) is 0 Å². The fourth-order valence-electron chi connectivity index (χ4n) is 14.0. The van der Waals surface area contributed by atoms with Gasteiger partial charge in [-0.25, -0.2) is 0 Å². The SMILES string of the molecule is c1ccc(-c2ccc3c(ccc4c(C5=C(c6cccc7c6ccc6cc(-c8ccccc8)ccc67)C(c6cccnc6)=C6C5=C(c5cccnc5)c5cc(-c7cccnc7)c(N7c8ccccc8Cc8ccccc87)cc56)cccc43)c2)cc1. The lowest BCUT2D eigenvalue weighted by Gasteiger charge is -2.35. The standard InChI is InChI=1S/C80H50N4/c1-3-16-50(17-4-1)52-31-35-61-54(42-52)33-37-65-63(61)25-11-27-67(65)77-76(60-24-15-41-83-49-60)79-71-46-74(84-72-29-9-7-20-56(72)44-57-21-8-10-30-73(57)84)69(58-22-13-39-81-47-58)45-70(71)75(59-23-14-40-82-48-59)80(79)78(77)68-28-12-26-64-62-36-32-53(51-18-5-2-6-19-51)43-55(62)34-38-66(64)68/h1-43,45-49H,44H2. The molecular formula is C80H50N4. The summed E-state index contributed by atoms with van der Waals surface area (Å²) >= 11 is 0. The molecule has 0 atom stereocenters. The molecular weight excluding hydrogens is 1020 g/mol. The van der Waals surface area contributed by atoms with Crippen LogP contribution in [0.4, 0.5) is 17.1 Å². The van der Waals surface area contributed by atoms with Crippen molar-refractivity contribution in [2.45, 2.75) is 6.42 Å². The Kier molecular flexibility index (Phi) is 11.0. The number of rotatable bonds is 8. The predicted octanol–water partition coefficient (Wildman–Crippen LogP) is 20.2. The van der Waals surface area contributed by atoms with Crippen LogP contribution < -0.4 is 4.90 Å². The number of anilines is 3. The number of pyridine rings is 3. The van der Waals surface area contributed by atoms with Crippen LogP contribution in [0.2, 0.25) is 0 Å². The summed E-state index contributed by atoms with van der Waals surface area (Å²) in [5.74, 6) is 0. The molecule has 3 aromatic heterocycles. The Hall–Kier alpha value is -11.1. The second-order valence-electron chi connectivity index (χ2n) is 22.2. The minimum Gasteiger partial charge on any atom is -0.309 e. The van der Waals surface area contributed by atoms with Gasteiger partial charge in [0.25, 0.3) is 0 Å². The highest BCUT2D eigenvalue weighted by Crippen LogP contribution is 2.64. The first-order chi connectivity index (χ1) is 41.7. The molecule has 0 unspecified atom stereocenters. The van der Waals surface area contributed by atoms with Gasteiger partial charge in [0, 0.05) is 82.8 Å². The predicted molar refractivity (Wildman–Crippen MR) is 349 cm³/mol. The first-order valence-electron chi connectivity index (χ1n) is 28.8. The summed E-state index contributed by atoms with van der Waals surface area (Å²) in [5, 5.41) is 9.61. The molecule has 0 saturated heterocycles. The molecule has 0 saturated carbocycles. The van der Waals surface area contributed by atoms with Crippen molar-refractivity contribution in [2.75, 3.05) is 4.90 Å². The van der Waals surface area contributed by atoms with Gasteiger partial charge in [0.05, 0.1) is 5.69 Å². The average molecular weight is 1070 g/mol. The highest BCUT2D eigenvalue weighted by atomic mass is 15.2. The van der Waals surface area contributed by atoms with Gasteiger partial charge in [-0.2, -0.15) is 0 Å². The smallest absolute Gasteiger partial charge is 0.0547 e. The van der Waals surface area contributed by atoms with Crippen LogP contribution in [-0.4, -0.2) is 15.0 Å². The van der Waals surface area contributed by atoms with E-state index in [4.69, 9.17) is 15.0 Å². The number of nitrogens with zero attached hydrogens (tertiary/aromatic N) is 4. The summed E-state index contributed by atoms with van der Waals surface area (Å²) in [4.78, 5) is 17.1. The third kappa shape index (κ3) is 7.51. The van der Waals surface area contributed by atoms with Crippen LogP contribution in [0, 0.1) is 0 Å². The van der Waals surface area contributed by atoms with Crippen LogP contribution in [0.25, 0.3) is 104 Å². The fourth-order valence-corrected chi connectivity index (χ4v) is 14.0. The number of para-hydroxylation sites is 2. The van der Waals surface area contributed by atoms with E-state index in [0.29, 0.717) is 0 Å². The number of allylic oxidation sites excluding steroid dienone is 5. The Morgan fingerprint density at radius 3 is 1.23 bits per heavy atom. The summed E-state index contributed by atoms with van der Waals surface area (Å²) in [6, 6.07) is 94.2. The highest BCUT2D eigenvalue weighted by Gasteiger charge is 2.42. The van der Waals surface area contributed by atoms with Crippen LogP contribution in [0.15, 0.2) is 298 Å². The number of hydrogen-bond donors (Lipinski definition) is 0. The maximum atomic E-state index is 4.95. The van der Waals surface area contributed by atoms with Gasteiger partial charge in [-0.15, -0.1) is 0 Å². The van der Waals surface area contributed by atoms with E-state index in [1.165, 1.54) is 110 Å². The average Bonchev–Trinajstić information content (AvgIpc) is 1.58. The first-order valence-corrected chi connectivity index (χ1v) is 28.8. The summed E-state index contributed by atoms with van der Waals surface area (Å²) in [5.41, 5.74) is 26.6. The second kappa shape index (κ2) is 19.3. The normalized spacial score (nSPS) is 13.5. The van der Waals surface area contributed by atoms with Crippen molar-refractivity contribution >= 4 is 88.0 Å². The minimum atomic E-state index is 0.850. The zero-order chi connectivity index (χ0) is 55.2. The van der Waals surface area contributed by atoms with Crippen molar-refractivity contribution < 1.29 is 0 Å². The van der Waals surface area contributed by atoms with Crippen LogP contribution in [0.1, 0.15) is 44.5 Å². The number of benzene rings is 11. The van der Waals surface area contributed by atoms with Gasteiger partial charge < -0.3 is 4.90 Å². The molecule has 1 aliphatic heterocycles. The first kappa shape index (κ1) is 47.7. The summed E-state index contributed by atoms with van der Waals surface area (Å²) < 4.78 is 0. The molecule has 0 bridgehead atoms. The monoisotopic (exact) mass is 1070 g/mol. The molecule has 4 heteroatoms. The van der Waals surface area contributed by atoms with E-state index in [0.717, 1.165) is 67.8 Å². The third-order valence-electron chi connectivity index (χ3n) is 17.6. The van der Waals surface area contributed by atoms with Crippen molar-refractivity contribution in [3.63, 3.8) is 0 Å². The van der Waals surface area contributed by atoms with Crippen molar-refractivity contribution in [1.29, 1.82) is 0 Å². The van der Waals surface area contributed by atoms with E-state index >= 15 is 0 Å². The van der Waals surface area contributed by atoms with Gasteiger partial charge in [0.2, 0.25) is 0 Å². The lowest BCUT2D eigenvalue weighted by atomic mass is 9.83. The molecule has 17 rings (SSSR count). The van der Waals surface area contributed by atoms with Crippen LogP contribution in [0.5, 0.6) is 0 Å². The van der Waals surface area contributed by atoms with Gasteiger partial charge in [-0.05, 0) is 181 Å². The minimum absolute atomic E-state index is 0.850. The molecule has 0 fully saturated rings. The fraction of sp³-hybridized carbons (Fsp3) is 0.0125. The summed E-state index contributed by atoms with van der Waals surface area (Å²) in [7, 11) is 0. The Balaban J connectivity index is 1.01. The molecule has 84 heavy (non-hydrogen) atoms. The van der Waals surface area contributed by atoms with Crippen LogP contribution >= 0.6 is 0 Å². The topological polar surface area (TPSA) is 41.9 Å². The van der Waals surface area contributed by atoms with Crippen LogP contribution in [-0.2, 0) is 6.42 Å². The molecule has 0 N–H and O–H groups in total. The number of aromatic nitrogens is 3. The number of fused-ring (bicyclic) bond motifs is 11. The van der Waals surface area contributed by atoms with E-state index in [-0.39, 0.29) is 0 Å². The van der Waals surface area contributed by atoms with Gasteiger partial charge in [0.1, 0.15) is 0 Å². The summed E-state index contributed by atoms with van der Waals surface area (Å²) in [6.07, 6.45) is 12.6. The van der Waals surface area contributed by atoms with Crippen molar-refractivity contribution in [1.82, 2.24) is 15.0 Å². The van der Waals surface area contributed by atoms with E-state index in [1.54, 1.807) is 0 Å². The zero-order valence-corrected chi connectivity index (χ0v) is 45.7. The molecule has 0 radical (unpaired) electrons. The van der Waals surface area contributed by atoms with Crippen molar-refractivity contribution in [3.8, 4) is 33.4 Å². The molecule has 4 nitrogen and oxygen atoms in total. The zero-order valence-electron chi connectivity index (χ0n) is 45.7. The quantitative estimate of drug-likeness (QED) is 0.142. The van der Waals surface area contributed by atoms with Crippen molar-refractivity contribution in [2.24, 2.45) is 0 Å². The summed E-state index contributed by atoms with van der Waals surface area (Å²) in [6.45, 7) is 0. The highest BCUT2D eigenvalue weighted by molar-refractivity contribution is 6.42. The van der Waals surface area contributed by atoms with E-state index in [2.05, 4.69) is 272 Å². The molecule has 4 heterocycles. The Morgan fingerprint density at radius 2 is 0.690 bits per heavy atom.